The maximum Gasteiger partial charge on any atom is 0.586 e. The number of carbonyl (C=O) groups excluding carboxylic acids is 2. The van der Waals surface area contributed by atoms with Crippen LogP contribution in [-0.2, 0) is 16.0 Å². The van der Waals surface area contributed by atoms with E-state index in [2.05, 4.69) is 19.8 Å². The molecule has 0 unspecified atom stereocenters. The number of hydrogen-bond donors (Lipinski definition) is 1. The van der Waals surface area contributed by atoms with E-state index in [-0.39, 0.29) is 35.2 Å². The fraction of sp³-hybridized carbons (Fsp3) is 0.267. The SMILES string of the molecule is CCOC(=O)Cc1csc(NC(=O)c2ccc3c(c2)OC(F)(F)O3)n1. The third-order valence-electron chi connectivity index (χ3n) is 3.07. The van der Waals surface area contributed by atoms with E-state index in [9.17, 15) is 18.4 Å². The maximum atomic E-state index is 13.0. The average molecular weight is 370 g/mol. The number of nitrogens with zero attached hydrogens (tertiary/aromatic N) is 1. The van der Waals surface area contributed by atoms with Crippen LogP contribution < -0.4 is 14.8 Å². The molecule has 25 heavy (non-hydrogen) atoms. The zero-order valence-electron chi connectivity index (χ0n) is 12.9. The van der Waals surface area contributed by atoms with Crippen molar-refractivity contribution >= 4 is 28.3 Å². The Bertz CT molecular complexity index is 824. The standard InChI is InChI=1S/C15H12F2N2O5S/c1-2-22-12(20)6-9-7-25-14(18-9)19-13(21)8-3-4-10-11(5-8)24-15(16,17)23-10/h3-5,7H,2,6H2,1H3,(H,18,19,21). The lowest BCUT2D eigenvalue weighted by Crippen LogP contribution is -2.25. The number of aromatic nitrogens is 1. The summed E-state index contributed by atoms with van der Waals surface area (Å²) in [6.07, 6.45) is -3.74. The number of esters is 1. The van der Waals surface area contributed by atoms with Crippen molar-refractivity contribution in [2.24, 2.45) is 0 Å². The molecule has 0 bridgehead atoms. The van der Waals surface area contributed by atoms with Gasteiger partial charge in [-0.25, -0.2) is 4.98 Å². The fourth-order valence-corrected chi connectivity index (χ4v) is 2.77. The molecule has 1 amide bonds. The first-order chi connectivity index (χ1) is 11.9. The molecule has 1 N–H and O–H groups in total. The molecule has 132 valence electrons. The molecular formula is C15H12F2N2O5S. The quantitative estimate of drug-likeness (QED) is 0.815. The van der Waals surface area contributed by atoms with Crippen LogP contribution in [0.5, 0.6) is 11.5 Å². The second kappa shape index (κ2) is 6.63. The number of thiazole rings is 1. The van der Waals surface area contributed by atoms with Gasteiger partial charge in [0.2, 0.25) is 0 Å². The summed E-state index contributed by atoms with van der Waals surface area (Å²) in [4.78, 5) is 27.7. The molecule has 1 aliphatic heterocycles. The van der Waals surface area contributed by atoms with Gasteiger partial charge in [-0.05, 0) is 25.1 Å². The van der Waals surface area contributed by atoms with Gasteiger partial charge >= 0.3 is 12.3 Å². The number of halogens is 2. The van der Waals surface area contributed by atoms with Crippen LogP contribution in [0.25, 0.3) is 0 Å². The Kier molecular flexibility index (Phi) is 4.53. The minimum Gasteiger partial charge on any atom is -0.466 e. The van der Waals surface area contributed by atoms with Gasteiger partial charge in [0.05, 0.1) is 18.7 Å². The molecule has 1 aliphatic rings. The molecule has 2 heterocycles. The third-order valence-corrected chi connectivity index (χ3v) is 3.87. The van der Waals surface area contributed by atoms with E-state index in [1.807, 2.05) is 0 Å². The van der Waals surface area contributed by atoms with E-state index >= 15 is 0 Å². The van der Waals surface area contributed by atoms with Gasteiger partial charge in [0, 0.05) is 10.9 Å². The Hall–Kier alpha value is -2.75. The summed E-state index contributed by atoms with van der Waals surface area (Å²) in [5.41, 5.74) is 0.561. The highest BCUT2D eigenvalue weighted by Crippen LogP contribution is 2.41. The first kappa shape index (κ1) is 17.1. The van der Waals surface area contributed by atoms with Crippen molar-refractivity contribution in [3.05, 3.63) is 34.8 Å². The summed E-state index contributed by atoms with van der Waals surface area (Å²) in [5, 5.41) is 4.42. The Labute approximate surface area is 144 Å². The van der Waals surface area contributed by atoms with Gasteiger partial charge in [0.15, 0.2) is 16.6 Å². The molecular weight excluding hydrogens is 358 g/mol. The summed E-state index contributed by atoms with van der Waals surface area (Å²) in [6, 6.07) is 3.70. The van der Waals surface area contributed by atoms with Gasteiger partial charge in [-0.3, -0.25) is 14.9 Å². The number of anilines is 1. The summed E-state index contributed by atoms with van der Waals surface area (Å²) in [5.74, 6) is -1.34. The zero-order valence-corrected chi connectivity index (χ0v) is 13.7. The molecule has 3 rings (SSSR count). The van der Waals surface area contributed by atoms with E-state index in [4.69, 9.17) is 4.74 Å². The highest BCUT2D eigenvalue weighted by atomic mass is 32.1. The second-order valence-electron chi connectivity index (χ2n) is 4.91. The van der Waals surface area contributed by atoms with Gasteiger partial charge in [-0.2, -0.15) is 0 Å². The largest absolute Gasteiger partial charge is 0.586 e. The van der Waals surface area contributed by atoms with Crippen LogP contribution in [0, 0.1) is 0 Å². The third kappa shape index (κ3) is 4.02. The van der Waals surface area contributed by atoms with E-state index < -0.39 is 18.2 Å². The monoisotopic (exact) mass is 370 g/mol. The zero-order chi connectivity index (χ0) is 18.0. The molecule has 0 saturated heterocycles. The van der Waals surface area contributed by atoms with Crippen molar-refractivity contribution in [2.75, 3.05) is 11.9 Å². The number of rotatable bonds is 5. The lowest BCUT2D eigenvalue weighted by molar-refractivity contribution is -0.286. The van der Waals surface area contributed by atoms with Crippen LogP contribution in [0.1, 0.15) is 23.0 Å². The molecule has 7 nitrogen and oxygen atoms in total. The van der Waals surface area contributed by atoms with Gasteiger partial charge in [0.1, 0.15) is 0 Å². The van der Waals surface area contributed by atoms with Gasteiger partial charge < -0.3 is 14.2 Å². The number of nitrogens with one attached hydrogen (secondary N) is 1. The first-order valence-corrected chi connectivity index (χ1v) is 8.05. The average Bonchev–Trinajstić information content (AvgIpc) is 3.08. The van der Waals surface area contributed by atoms with Crippen LogP contribution in [0.4, 0.5) is 13.9 Å². The maximum absolute atomic E-state index is 13.0. The molecule has 0 saturated carbocycles. The Balaban J connectivity index is 1.66. The Morgan fingerprint density at radius 1 is 1.32 bits per heavy atom. The van der Waals surface area contributed by atoms with Crippen molar-refractivity contribution in [1.29, 1.82) is 0 Å². The number of ether oxygens (including phenoxy) is 3. The molecule has 0 atom stereocenters. The van der Waals surface area contributed by atoms with Crippen molar-refractivity contribution in [3.63, 3.8) is 0 Å². The highest BCUT2D eigenvalue weighted by molar-refractivity contribution is 7.14. The van der Waals surface area contributed by atoms with Crippen LogP contribution in [0.15, 0.2) is 23.6 Å². The molecule has 0 radical (unpaired) electrons. The highest BCUT2D eigenvalue weighted by Gasteiger charge is 2.43. The molecule has 1 aromatic heterocycles. The van der Waals surface area contributed by atoms with Gasteiger partial charge in [0.25, 0.3) is 5.91 Å². The number of amides is 1. The Morgan fingerprint density at radius 2 is 2.08 bits per heavy atom. The normalized spacial score (nSPS) is 14.2. The van der Waals surface area contributed by atoms with Crippen molar-refractivity contribution < 1.29 is 32.6 Å². The second-order valence-corrected chi connectivity index (χ2v) is 5.77. The van der Waals surface area contributed by atoms with Crippen molar-refractivity contribution in [2.45, 2.75) is 19.6 Å². The lowest BCUT2D eigenvalue weighted by atomic mass is 10.2. The fourth-order valence-electron chi connectivity index (χ4n) is 2.07. The van der Waals surface area contributed by atoms with Crippen LogP contribution in [0.3, 0.4) is 0 Å². The summed E-state index contributed by atoms with van der Waals surface area (Å²) < 4.78 is 39.4. The van der Waals surface area contributed by atoms with Gasteiger partial charge in [-0.15, -0.1) is 20.1 Å². The minimum atomic E-state index is -3.74. The lowest BCUT2D eigenvalue weighted by Gasteiger charge is -2.04. The summed E-state index contributed by atoms with van der Waals surface area (Å²) >= 11 is 1.13. The molecule has 2 aromatic rings. The molecule has 10 heteroatoms. The van der Waals surface area contributed by atoms with Crippen molar-refractivity contribution in [3.8, 4) is 11.5 Å². The van der Waals surface area contributed by atoms with Crippen molar-refractivity contribution in [1.82, 2.24) is 4.98 Å². The number of benzene rings is 1. The summed E-state index contributed by atoms with van der Waals surface area (Å²) in [7, 11) is 0. The number of hydrogen-bond acceptors (Lipinski definition) is 7. The van der Waals surface area contributed by atoms with E-state index in [1.54, 1.807) is 12.3 Å². The van der Waals surface area contributed by atoms with Crippen LogP contribution in [-0.4, -0.2) is 29.8 Å². The molecule has 1 aromatic carbocycles. The van der Waals surface area contributed by atoms with E-state index in [1.165, 1.54) is 12.1 Å². The summed E-state index contributed by atoms with van der Waals surface area (Å²) in [6.45, 7) is 1.97. The molecule has 0 aliphatic carbocycles. The number of fused-ring (bicyclic) bond motifs is 1. The molecule has 0 spiro atoms. The minimum absolute atomic E-state index is 0.000677. The Morgan fingerprint density at radius 3 is 2.84 bits per heavy atom. The van der Waals surface area contributed by atoms with Crippen LogP contribution >= 0.6 is 11.3 Å². The predicted octanol–water partition coefficient (Wildman–Crippen LogP) is 2.82. The molecule has 0 fully saturated rings. The number of carbonyl (C=O) groups is 2. The van der Waals surface area contributed by atoms with Crippen LogP contribution in [0.2, 0.25) is 0 Å². The first-order valence-electron chi connectivity index (χ1n) is 7.17. The topological polar surface area (TPSA) is 86.8 Å². The smallest absolute Gasteiger partial charge is 0.466 e. The van der Waals surface area contributed by atoms with Gasteiger partial charge in [-0.1, -0.05) is 0 Å². The van der Waals surface area contributed by atoms with E-state index in [0.29, 0.717) is 5.69 Å². The predicted molar refractivity (Wildman–Crippen MR) is 83.0 cm³/mol. The number of alkyl halides is 2. The van der Waals surface area contributed by atoms with E-state index in [0.717, 1.165) is 17.4 Å².